The van der Waals surface area contributed by atoms with Crippen molar-refractivity contribution in [1.82, 2.24) is 5.43 Å². The zero-order chi connectivity index (χ0) is 22.4. The number of nitrogens with one attached hydrogen (secondary N) is 2. The van der Waals surface area contributed by atoms with Gasteiger partial charge in [0.15, 0.2) is 0 Å². The van der Waals surface area contributed by atoms with Gasteiger partial charge in [-0.15, -0.1) is 0 Å². The van der Waals surface area contributed by atoms with Crippen LogP contribution >= 0.6 is 27.5 Å². The molecule has 2 N–H and O–H groups in total. The van der Waals surface area contributed by atoms with Crippen LogP contribution in [0.15, 0.2) is 81.2 Å². The molecule has 3 aromatic carbocycles. The number of sulfonamides is 1. The highest BCUT2D eigenvalue weighted by Crippen LogP contribution is 2.21. The zero-order valence-electron chi connectivity index (χ0n) is 16.2. The van der Waals surface area contributed by atoms with Crippen molar-refractivity contribution in [3.8, 4) is 5.75 Å². The minimum absolute atomic E-state index is 0.0797. The van der Waals surface area contributed by atoms with Gasteiger partial charge < -0.3 is 4.74 Å². The lowest BCUT2D eigenvalue weighted by Crippen LogP contribution is -2.18. The number of halogens is 2. The second-order valence-corrected chi connectivity index (χ2v) is 9.26. The number of benzene rings is 3. The van der Waals surface area contributed by atoms with Crippen molar-refractivity contribution in [2.45, 2.75) is 4.90 Å². The van der Waals surface area contributed by atoms with Crippen LogP contribution in [0.25, 0.3) is 0 Å². The normalized spacial score (nSPS) is 11.3. The number of amides is 1. The van der Waals surface area contributed by atoms with E-state index in [4.69, 9.17) is 16.3 Å². The van der Waals surface area contributed by atoms with Crippen LogP contribution < -0.4 is 14.9 Å². The van der Waals surface area contributed by atoms with E-state index < -0.39 is 15.9 Å². The van der Waals surface area contributed by atoms with E-state index in [0.717, 1.165) is 4.47 Å². The van der Waals surface area contributed by atoms with Crippen molar-refractivity contribution in [2.24, 2.45) is 5.10 Å². The van der Waals surface area contributed by atoms with E-state index in [9.17, 15) is 13.2 Å². The van der Waals surface area contributed by atoms with Gasteiger partial charge in [0.25, 0.3) is 15.9 Å². The van der Waals surface area contributed by atoms with Crippen LogP contribution in [-0.4, -0.2) is 27.6 Å². The molecule has 0 fully saturated rings. The Hall–Kier alpha value is -2.88. The van der Waals surface area contributed by atoms with Crippen LogP contribution in [0.1, 0.15) is 15.9 Å². The molecule has 0 atom stereocenters. The van der Waals surface area contributed by atoms with Gasteiger partial charge in [-0.2, -0.15) is 5.10 Å². The Labute approximate surface area is 193 Å². The second kappa shape index (κ2) is 9.95. The lowest BCUT2D eigenvalue weighted by atomic mass is 10.2. The molecule has 3 rings (SSSR count). The number of hydrogen-bond donors (Lipinski definition) is 2. The molecular weight excluding hydrogens is 506 g/mol. The molecule has 0 saturated heterocycles. The van der Waals surface area contributed by atoms with Crippen molar-refractivity contribution in [3.05, 3.63) is 87.4 Å². The quantitative estimate of drug-likeness (QED) is 0.348. The van der Waals surface area contributed by atoms with Crippen LogP contribution in [0.5, 0.6) is 5.75 Å². The molecule has 0 bridgehead atoms. The minimum atomic E-state index is -3.77. The summed E-state index contributed by atoms with van der Waals surface area (Å²) in [4.78, 5) is 12.4. The maximum Gasteiger partial charge on any atom is 0.271 e. The van der Waals surface area contributed by atoms with E-state index in [1.165, 1.54) is 54.7 Å². The molecular formula is C21H17BrClN3O4S. The Morgan fingerprint density at radius 1 is 1.06 bits per heavy atom. The number of hydrogen-bond acceptors (Lipinski definition) is 5. The van der Waals surface area contributed by atoms with Crippen molar-refractivity contribution in [1.29, 1.82) is 0 Å². The van der Waals surface area contributed by atoms with Gasteiger partial charge in [0.1, 0.15) is 5.75 Å². The van der Waals surface area contributed by atoms with Crippen molar-refractivity contribution >= 4 is 55.4 Å². The van der Waals surface area contributed by atoms with Gasteiger partial charge in [-0.3, -0.25) is 9.52 Å². The second-order valence-electron chi connectivity index (χ2n) is 6.22. The van der Waals surface area contributed by atoms with Gasteiger partial charge >= 0.3 is 0 Å². The molecule has 0 aliphatic rings. The van der Waals surface area contributed by atoms with Gasteiger partial charge in [-0.1, -0.05) is 27.5 Å². The maximum atomic E-state index is 12.4. The first-order valence-corrected chi connectivity index (χ1v) is 11.5. The molecule has 0 aliphatic heterocycles. The van der Waals surface area contributed by atoms with E-state index in [1.54, 1.807) is 19.2 Å². The third-order valence-electron chi connectivity index (χ3n) is 4.08. The molecule has 31 heavy (non-hydrogen) atoms. The highest BCUT2D eigenvalue weighted by atomic mass is 79.9. The molecule has 10 heteroatoms. The van der Waals surface area contributed by atoms with Crippen LogP contribution in [0.3, 0.4) is 0 Å². The Morgan fingerprint density at radius 3 is 2.39 bits per heavy atom. The molecule has 0 unspecified atom stereocenters. The molecule has 0 spiro atoms. The van der Waals surface area contributed by atoms with Crippen LogP contribution in [0.4, 0.5) is 5.69 Å². The Kier molecular flexibility index (Phi) is 7.32. The lowest BCUT2D eigenvalue weighted by molar-refractivity contribution is 0.0955. The number of carbonyl (C=O) groups excluding carboxylic acids is 1. The highest BCUT2D eigenvalue weighted by molar-refractivity contribution is 9.10. The van der Waals surface area contributed by atoms with E-state index in [2.05, 4.69) is 31.2 Å². The van der Waals surface area contributed by atoms with E-state index in [-0.39, 0.29) is 4.90 Å². The fourth-order valence-corrected chi connectivity index (χ4v) is 4.11. The first kappa shape index (κ1) is 22.8. The largest absolute Gasteiger partial charge is 0.496 e. The smallest absolute Gasteiger partial charge is 0.271 e. The molecule has 7 nitrogen and oxygen atoms in total. The summed E-state index contributed by atoms with van der Waals surface area (Å²) in [6, 6.07) is 17.2. The average molecular weight is 523 g/mol. The summed E-state index contributed by atoms with van der Waals surface area (Å²) in [6.45, 7) is 0. The number of ether oxygens (including phenoxy) is 1. The molecule has 0 aliphatic carbocycles. The molecule has 1 amide bonds. The number of methoxy groups -OCH3 is 1. The van der Waals surface area contributed by atoms with Gasteiger partial charge in [-0.05, 0) is 66.7 Å². The van der Waals surface area contributed by atoms with Gasteiger partial charge in [-0.25, -0.2) is 13.8 Å². The summed E-state index contributed by atoms with van der Waals surface area (Å²) in [5.41, 5.74) is 3.74. The number of carbonyl (C=O) groups is 1. The standard InChI is InChI=1S/C21H17BrClN3O4S/c1-30-20-11-4-16(22)12-15(20)13-24-25-21(27)14-2-7-18(8-3-14)26-31(28,29)19-9-5-17(23)6-10-19/h2-13,26H,1H3,(H,25,27)/b24-13+. The zero-order valence-corrected chi connectivity index (χ0v) is 19.3. The number of hydrazone groups is 1. The first-order chi connectivity index (χ1) is 14.8. The average Bonchev–Trinajstić information content (AvgIpc) is 2.74. The first-order valence-electron chi connectivity index (χ1n) is 8.84. The number of rotatable bonds is 7. The fraction of sp³-hybridized carbons (Fsp3) is 0.0476. The third-order valence-corrected chi connectivity index (χ3v) is 6.23. The highest BCUT2D eigenvalue weighted by Gasteiger charge is 2.14. The Balaban J connectivity index is 1.65. The molecule has 160 valence electrons. The van der Waals surface area contributed by atoms with Crippen molar-refractivity contribution < 1.29 is 17.9 Å². The van der Waals surface area contributed by atoms with Crippen LogP contribution in [0, 0.1) is 0 Å². The van der Waals surface area contributed by atoms with Gasteiger partial charge in [0.05, 0.1) is 18.2 Å². The van der Waals surface area contributed by atoms with Gasteiger partial charge in [0.2, 0.25) is 0 Å². The summed E-state index contributed by atoms with van der Waals surface area (Å²) >= 11 is 9.16. The van der Waals surface area contributed by atoms with Crippen LogP contribution in [0.2, 0.25) is 5.02 Å². The molecule has 0 aromatic heterocycles. The summed E-state index contributed by atoms with van der Waals surface area (Å²) in [5.74, 6) is 0.163. The van der Waals surface area contributed by atoms with Crippen molar-refractivity contribution in [2.75, 3.05) is 11.8 Å². The lowest BCUT2D eigenvalue weighted by Gasteiger charge is -2.09. The molecule has 0 saturated carbocycles. The summed E-state index contributed by atoms with van der Waals surface area (Å²) in [5, 5.41) is 4.39. The van der Waals surface area contributed by atoms with E-state index >= 15 is 0 Å². The van der Waals surface area contributed by atoms with Crippen molar-refractivity contribution in [3.63, 3.8) is 0 Å². The number of nitrogens with zero attached hydrogens (tertiary/aromatic N) is 1. The molecule has 0 heterocycles. The monoisotopic (exact) mass is 521 g/mol. The van der Waals surface area contributed by atoms with Gasteiger partial charge in [0, 0.05) is 26.3 Å². The fourth-order valence-electron chi connectivity index (χ4n) is 2.55. The minimum Gasteiger partial charge on any atom is -0.496 e. The topological polar surface area (TPSA) is 96.9 Å². The molecule has 3 aromatic rings. The number of anilines is 1. The van der Waals surface area contributed by atoms with E-state index in [0.29, 0.717) is 27.6 Å². The maximum absolute atomic E-state index is 12.4. The Bertz CT molecular complexity index is 1210. The predicted octanol–water partition coefficient (Wildman–Crippen LogP) is 4.68. The SMILES string of the molecule is COc1ccc(Br)cc1/C=N/NC(=O)c1ccc(NS(=O)(=O)c2ccc(Cl)cc2)cc1. The van der Waals surface area contributed by atoms with E-state index in [1.807, 2.05) is 6.07 Å². The summed E-state index contributed by atoms with van der Waals surface area (Å²) in [7, 11) is -2.22. The molecule has 0 radical (unpaired) electrons. The third kappa shape index (κ3) is 6.06. The summed E-state index contributed by atoms with van der Waals surface area (Å²) in [6.07, 6.45) is 1.47. The Morgan fingerprint density at radius 2 is 1.74 bits per heavy atom. The summed E-state index contributed by atoms with van der Waals surface area (Å²) < 4.78 is 33.4. The van der Waals surface area contributed by atoms with Crippen LogP contribution in [-0.2, 0) is 10.0 Å². The predicted molar refractivity (Wildman–Crippen MR) is 124 cm³/mol.